The summed E-state index contributed by atoms with van der Waals surface area (Å²) in [6, 6.07) is 0.974. The van der Waals surface area contributed by atoms with E-state index in [1.807, 2.05) is 0 Å². The van der Waals surface area contributed by atoms with E-state index in [9.17, 15) is 9.59 Å². The Hall–Kier alpha value is -1.73. The third kappa shape index (κ3) is 3.11. The number of carbonyl (C=O) groups is 2. The topological polar surface area (TPSA) is 96.0 Å². The molecule has 0 bridgehead atoms. The fourth-order valence-electron chi connectivity index (χ4n) is 1.37. The molecule has 1 aliphatic rings. The van der Waals surface area contributed by atoms with Gasteiger partial charge in [0.2, 0.25) is 11.8 Å². The molecule has 90 valence electrons. The van der Waals surface area contributed by atoms with Gasteiger partial charge in [0, 0.05) is 12.6 Å². The van der Waals surface area contributed by atoms with Crippen molar-refractivity contribution in [2.75, 3.05) is 18.4 Å². The lowest BCUT2D eigenvalue weighted by Crippen LogP contribution is -2.56. The average Bonchev–Trinajstić information content (AvgIpc) is 2.29. The predicted molar refractivity (Wildman–Crippen MR) is 60.5 cm³/mol. The summed E-state index contributed by atoms with van der Waals surface area (Å²) in [7, 11) is 0. The molecule has 2 amide bonds. The summed E-state index contributed by atoms with van der Waals surface area (Å²) in [4.78, 5) is 30.2. The molecule has 0 spiro atoms. The molecule has 1 aromatic rings. The van der Waals surface area contributed by atoms with Gasteiger partial charge >= 0.3 is 0 Å². The van der Waals surface area contributed by atoms with E-state index in [1.165, 1.54) is 12.4 Å². The molecule has 0 aromatic carbocycles. The van der Waals surface area contributed by atoms with Crippen molar-refractivity contribution < 1.29 is 9.59 Å². The van der Waals surface area contributed by atoms with E-state index >= 15 is 0 Å². The number of hydrogen-bond donors (Lipinski definition) is 3. The highest BCUT2D eigenvalue weighted by Gasteiger charge is 2.23. The second kappa shape index (κ2) is 5.07. The van der Waals surface area contributed by atoms with E-state index in [0.717, 1.165) is 0 Å². The Balaban J connectivity index is 1.95. The third-order valence-corrected chi connectivity index (χ3v) is 2.42. The first-order chi connectivity index (χ1) is 8.15. The summed E-state index contributed by atoms with van der Waals surface area (Å²) in [5.74, 6) is -0.0763. The highest BCUT2D eigenvalue weighted by atomic mass is 35.5. The molecule has 7 nitrogen and oxygen atoms in total. The Morgan fingerprint density at radius 1 is 1.53 bits per heavy atom. The highest BCUT2D eigenvalue weighted by Crippen LogP contribution is 2.08. The Morgan fingerprint density at radius 2 is 2.35 bits per heavy atom. The molecule has 8 heteroatoms. The maximum atomic E-state index is 11.8. The number of anilines is 1. The zero-order chi connectivity index (χ0) is 12.3. The van der Waals surface area contributed by atoms with Crippen LogP contribution in [0.25, 0.3) is 0 Å². The standard InChI is InChI=1S/C9H10ClN5O2/c10-6-1-7(14-4-13-6)15-9(17)5-2-12-8(16)3-11-5/h1,4-5,11H,2-3H2,(H,12,16)(H,13,14,15,17). The molecule has 0 aliphatic carbocycles. The van der Waals surface area contributed by atoms with Gasteiger partial charge in [0.15, 0.2) is 0 Å². The van der Waals surface area contributed by atoms with Crippen LogP contribution in [0.5, 0.6) is 0 Å². The molecule has 1 aromatic heterocycles. The van der Waals surface area contributed by atoms with Crippen molar-refractivity contribution in [3.63, 3.8) is 0 Å². The molecular formula is C9H10ClN5O2. The summed E-state index contributed by atoms with van der Waals surface area (Å²) in [5.41, 5.74) is 0. The molecule has 0 saturated carbocycles. The summed E-state index contributed by atoms with van der Waals surface area (Å²) in [6.07, 6.45) is 1.26. The summed E-state index contributed by atoms with van der Waals surface area (Å²) in [6.45, 7) is 0.381. The molecule has 17 heavy (non-hydrogen) atoms. The van der Waals surface area contributed by atoms with E-state index in [-0.39, 0.29) is 30.1 Å². The fourth-order valence-corrected chi connectivity index (χ4v) is 1.51. The van der Waals surface area contributed by atoms with Crippen molar-refractivity contribution in [3.8, 4) is 0 Å². The number of piperazine rings is 1. The summed E-state index contributed by atoms with van der Waals surface area (Å²) in [5, 5.41) is 8.22. The zero-order valence-corrected chi connectivity index (χ0v) is 9.49. The Labute approximate surface area is 102 Å². The zero-order valence-electron chi connectivity index (χ0n) is 8.74. The number of nitrogens with one attached hydrogen (secondary N) is 3. The molecule has 2 heterocycles. The van der Waals surface area contributed by atoms with Crippen LogP contribution >= 0.6 is 11.6 Å². The average molecular weight is 256 g/mol. The van der Waals surface area contributed by atoms with Crippen LogP contribution in [-0.4, -0.2) is 40.9 Å². The van der Waals surface area contributed by atoms with E-state index in [1.54, 1.807) is 0 Å². The van der Waals surface area contributed by atoms with Gasteiger partial charge < -0.3 is 10.6 Å². The predicted octanol–water partition coefficient (Wildman–Crippen LogP) is -0.844. The SMILES string of the molecule is O=C1CNC(C(=O)Nc2cc(Cl)ncn2)CN1. The minimum Gasteiger partial charge on any atom is -0.353 e. The summed E-state index contributed by atoms with van der Waals surface area (Å²) >= 11 is 5.66. The normalized spacial score (nSPS) is 19.6. The van der Waals surface area contributed by atoms with Crippen molar-refractivity contribution in [1.82, 2.24) is 20.6 Å². The van der Waals surface area contributed by atoms with Gasteiger partial charge in [0.25, 0.3) is 0 Å². The molecule has 1 atom stereocenters. The molecule has 3 N–H and O–H groups in total. The molecule has 2 rings (SSSR count). The van der Waals surface area contributed by atoms with Gasteiger partial charge in [-0.1, -0.05) is 11.6 Å². The molecule has 1 unspecified atom stereocenters. The monoisotopic (exact) mass is 255 g/mol. The molecule has 1 aliphatic heterocycles. The van der Waals surface area contributed by atoms with Crippen LogP contribution in [0.4, 0.5) is 5.82 Å². The second-order valence-electron chi connectivity index (χ2n) is 3.45. The lowest BCUT2D eigenvalue weighted by molar-refractivity contribution is -0.124. The van der Waals surface area contributed by atoms with Crippen molar-refractivity contribution >= 4 is 29.2 Å². The number of aromatic nitrogens is 2. The van der Waals surface area contributed by atoms with Crippen LogP contribution in [-0.2, 0) is 9.59 Å². The maximum Gasteiger partial charge on any atom is 0.244 e. The van der Waals surface area contributed by atoms with Crippen LogP contribution in [0.1, 0.15) is 0 Å². The van der Waals surface area contributed by atoms with Gasteiger partial charge in [-0.15, -0.1) is 0 Å². The van der Waals surface area contributed by atoms with Crippen LogP contribution in [0, 0.1) is 0 Å². The minimum absolute atomic E-state index is 0.126. The van der Waals surface area contributed by atoms with Crippen LogP contribution in [0.15, 0.2) is 12.4 Å². The minimum atomic E-state index is -0.471. The van der Waals surface area contributed by atoms with Crippen molar-refractivity contribution in [3.05, 3.63) is 17.5 Å². The first kappa shape index (κ1) is 11.7. The molecule has 0 radical (unpaired) electrons. The van der Waals surface area contributed by atoms with Crippen molar-refractivity contribution in [1.29, 1.82) is 0 Å². The summed E-state index contributed by atoms with van der Waals surface area (Å²) < 4.78 is 0. The highest BCUT2D eigenvalue weighted by molar-refractivity contribution is 6.29. The van der Waals surface area contributed by atoms with Gasteiger partial charge in [0.05, 0.1) is 6.54 Å². The largest absolute Gasteiger partial charge is 0.353 e. The Morgan fingerprint density at radius 3 is 3.00 bits per heavy atom. The fraction of sp³-hybridized carbons (Fsp3) is 0.333. The number of carbonyl (C=O) groups excluding carboxylic acids is 2. The first-order valence-electron chi connectivity index (χ1n) is 4.93. The Bertz CT molecular complexity index is 443. The van der Waals surface area contributed by atoms with Crippen molar-refractivity contribution in [2.45, 2.75) is 6.04 Å². The van der Waals surface area contributed by atoms with Crippen LogP contribution in [0.2, 0.25) is 5.15 Å². The van der Waals surface area contributed by atoms with E-state index in [0.29, 0.717) is 5.82 Å². The molecule has 1 saturated heterocycles. The quantitative estimate of drug-likeness (QED) is 0.599. The molecule has 1 fully saturated rings. The number of halogens is 1. The second-order valence-corrected chi connectivity index (χ2v) is 3.84. The van der Waals surface area contributed by atoms with Gasteiger partial charge in [-0.2, -0.15) is 0 Å². The maximum absolute atomic E-state index is 11.8. The Kier molecular flexibility index (Phi) is 3.50. The van der Waals surface area contributed by atoms with Gasteiger partial charge in [-0.3, -0.25) is 14.9 Å². The van der Waals surface area contributed by atoms with E-state index < -0.39 is 6.04 Å². The first-order valence-corrected chi connectivity index (χ1v) is 5.31. The smallest absolute Gasteiger partial charge is 0.244 e. The van der Waals surface area contributed by atoms with Gasteiger partial charge in [-0.25, -0.2) is 9.97 Å². The molecular weight excluding hydrogens is 246 g/mol. The number of hydrogen-bond acceptors (Lipinski definition) is 5. The van der Waals surface area contributed by atoms with E-state index in [2.05, 4.69) is 25.9 Å². The lowest BCUT2D eigenvalue weighted by atomic mass is 10.2. The number of rotatable bonds is 2. The third-order valence-electron chi connectivity index (χ3n) is 2.21. The van der Waals surface area contributed by atoms with Crippen LogP contribution in [0.3, 0.4) is 0 Å². The van der Waals surface area contributed by atoms with E-state index in [4.69, 9.17) is 11.6 Å². The number of amides is 2. The van der Waals surface area contributed by atoms with Gasteiger partial charge in [0.1, 0.15) is 23.3 Å². The van der Waals surface area contributed by atoms with Crippen molar-refractivity contribution in [2.24, 2.45) is 0 Å². The van der Waals surface area contributed by atoms with Crippen LogP contribution < -0.4 is 16.0 Å². The lowest BCUT2D eigenvalue weighted by Gasteiger charge is -2.22. The van der Waals surface area contributed by atoms with Gasteiger partial charge in [-0.05, 0) is 0 Å². The number of nitrogens with zero attached hydrogens (tertiary/aromatic N) is 2.